The van der Waals surface area contributed by atoms with Gasteiger partial charge in [-0.1, -0.05) is 0 Å². The van der Waals surface area contributed by atoms with Gasteiger partial charge >= 0.3 is 5.97 Å². The zero-order valence-electron chi connectivity index (χ0n) is 10.7. The highest BCUT2D eigenvalue weighted by molar-refractivity contribution is 5.95. The third kappa shape index (κ3) is 3.97. The fraction of sp³-hybridized carbons (Fsp3) is 0.417. The average Bonchev–Trinajstić information content (AvgIpc) is 2.37. The molecule has 1 rings (SSSR count). The van der Waals surface area contributed by atoms with Gasteiger partial charge in [0.15, 0.2) is 0 Å². The largest absolute Gasteiger partial charge is 0.487 e. The summed E-state index contributed by atoms with van der Waals surface area (Å²) in [5.74, 6) is -0.654. The van der Waals surface area contributed by atoms with E-state index in [9.17, 15) is 13.6 Å². The van der Waals surface area contributed by atoms with E-state index in [1.807, 2.05) is 0 Å². The third-order valence-electron chi connectivity index (χ3n) is 2.28. The molecular weight excluding hydrogens is 258 g/mol. The first-order valence-electron chi connectivity index (χ1n) is 5.68. The maximum atomic E-state index is 12.2. The molecule has 0 unspecified atom stereocenters. The monoisotopic (exact) mass is 274 g/mol. The first kappa shape index (κ1) is 15.0. The van der Waals surface area contributed by atoms with Gasteiger partial charge in [-0.05, 0) is 13.0 Å². The molecule has 1 aromatic carbocycles. The molecular formula is C12H16F2N2O3. The molecule has 0 saturated heterocycles. The molecule has 3 N–H and O–H groups in total. The average molecular weight is 274 g/mol. The summed E-state index contributed by atoms with van der Waals surface area (Å²) in [4.78, 5) is 11.7. The minimum atomic E-state index is -2.63. The van der Waals surface area contributed by atoms with Crippen LogP contribution in [0.2, 0.25) is 0 Å². The Morgan fingerprint density at radius 1 is 1.47 bits per heavy atom. The normalized spacial score (nSPS) is 10.4. The van der Waals surface area contributed by atoms with Crippen LogP contribution in [0, 0.1) is 0 Å². The van der Waals surface area contributed by atoms with Gasteiger partial charge in [-0.15, -0.1) is 0 Å². The standard InChI is InChI=1S/C12H16F2N2O3/c1-3-18-12(17)7-4-8(15)9(16-2)5-10(7)19-6-11(13)14/h4-5,11,16H,3,6,15H2,1-2H3. The number of esters is 1. The maximum Gasteiger partial charge on any atom is 0.341 e. The molecule has 19 heavy (non-hydrogen) atoms. The second-order valence-corrected chi connectivity index (χ2v) is 3.61. The lowest BCUT2D eigenvalue weighted by atomic mass is 10.1. The van der Waals surface area contributed by atoms with Crippen LogP contribution in [0.25, 0.3) is 0 Å². The van der Waals surface area contributed by atoms with Gasteiger partial charge in [0.05, 0.1) is 18.0 Å². The third-order valence-corrected chi connectivity index (χ3v) is 2.28. The van der Waals surface area contributed by atoms with Crippen molar-refractivity contribution in [2.24, 2.45) is 0 Å². The van der Waals surface area contributed by atoms with Gasteiger partial charge in [-0.3, -0.25) is 0 Å². The molecule has 7 heteroatoms. The Morgan fingerprint density at radius 2 is 2.16 bits per heavy atom. The van der Waals surface area contributed by atoms with E-state index in [0.29, 0.717) is 11.4 Å². The number of nitrogen functional groups attached to an aromatic ring is 1. The Balaban J connectivity index is 3.10. The molecule has 0 fully saturated rings. The summed E-state index contributed by atoms with van der Waals surface area (Å²) in [6.07, 6.45) is -2.63. The predicted octanol–water partition coefficient (Wildman–Crippen LogP) is 2.13. The Labute approximate surface area is 109 Å². The quantitative estimate of drug-likeness (QED) is 0.614. The number of hydrogen-bond acceptors (Lipinski definition) is 5. The minimum Gasteiger partial charge on any atom is -0.487 e. The predicted molar refractivity (Wildman–Crippen MR) is 67.9 cm³/mol. The van der Waals surface area contributed by atoms with Crippen molar-refractivity contribution in [2.75, 3.05) is 31.3 Å². The van der Waals surface area contributed by atoms with Crippen LogP contribution in [0.4, 0.5) is 20.2 Å². The molecule has 0 aromatic heterocycles. The summed E-state index contributed by atoms with van der Waals surface area (Å²) in [5.41, 5.74) is 6.53. The van der Waals surface area contributed by atoms with Gasteiger partial charge in [0.1, 0.15) is 17.9 Å². The Morgan fingerprint density at radius 3 is 2.68 bits per heavy atom. The van der Waals surface area contributed by atoms with Crippen molar-refractivity contribution < 1.29 is 23.0 Å². The Kier molecular flexibility index (Phi) is 5.35. The number of nitrogens with two attached hydrogens (primary N) is 1. The molecule has 0 aliphatic carbocycles. The van der Waals surface area contributed by atoms with E-state index in [1.54, 1.807) is 14.0 Å². The molecule has 0 radical (unpaired) electrons. The highest BCUT2D eigenvalue weighted by Crippen LogP contribution is 2.30. The second-order valence-electron chi connectivity index (χ2n) is 3.61. The molecule has 0 saturated carbocycles. The number of benzene rings is 1. The smallest absolute Gasteiger partial charge is 0.341 e. The molecule has 0 aliphatic heterocycles. The number of carbonyl (C=O) groups excluding carboxylic acids is 1. The second kappa shape index (κ2) is 6.77. The number of anilines is 2. The fourth-order valence-electron chi connectivity index (χ4n) is 1.45. The van der Waals surface area contributed by atoms with Crippen LogP contribution < -0.4 is 15.8 Å². The number of ether oxygens (including phenoxy) is 2. The summed E-state index contributed by atoms with van der Waals surface area (Å²) >= 11 is 0. The van der Waals surface area contributed by atoms with E-state index < -0.39 is 19.0 Å². The molecule has 0 aliphatic rings. The first-order chi connectivity index (χ1) is 8.99. The van der Waals surface area contributed by atoms with Crippen molar-refractivity contribution in [1.29, 1.82) is 0 Å². The SMILES string of the molecule is CCOC(=O)c1cc(N)c(NC)cc1OCC(F)F. The van der Waals surface area contributed by atoms with E-state index >= 15 is 0 Å². The number of halogens is 2. The number of carbonyl (C=O) groups is 1. The summed E-state index contributed by atoms with van der Waals surface area (Å²) in [6, 6.07) is 2.73. The van der Waals surface area contributed by atoms with Gasteiger partial charge in [0, 0.05) is 13.1 Å². The van der Waals surface area contributed by atoms with Crippen LogP contribution in [0.1, 0.15) is 17.3 Å². The first-order valence-corrected chi connectivity index (χ1v) is 5.68. The summed E-state index contributed by atoms with van der Waals surface area (Å²) in [6.45, 7) is 1.00. The molecule has 0 spiro atoms. The van der Waals surface area contributed by atoms with Crippen molar-refractivity contribution in [3.05, 3.63) is 17.7 Å². The van der Waals surface area contributed by atoms with Crippen LogP contribution >= 0.6 is 0 Å². The minimum absolute atomic E-state index is 0.0114. The van der Waals surface area contributed by atoms with Crippen molar-refractivity contribution in [2.45, 2.75) is 13.3 Å². The number of rotatable bonds is 6. The summed E-state index contributed by atoms with van der Waals surface area (Å²) < 4.78 is 34.1. The fourth-order valence-corrected chi connectivity index (χ4v) is 1.45. The summed E-state index contributed by atoms with van der Waals surface area (Å²) in [7, 11) is 1.62. The van der Waals surface area contributed by atoms with Crippen LogP contribution in [0.5, 0.6) is 5.75 Å². The highest BCUT2D eigenvalue weighted by Gasteiger charge is 2.18. The Hall–Kier alpha value is -2.05. The van der Waals surface area contributed by atoms with Crippen LogP contribution in [-0.2, 0) is 4.74 Å². The van der Waals surface area contributed by atoms with Crippen molar-refractivity contribution in [3.63, 3.8) is 0 Å². The lowest BCUT2D eigenvalue weighted by Gasteiger charge is -2.14. The molecule has 0 bridgehead atoms. The number of nitrogens with one attached hydrogen (secondary N) is 1. The van der Waals surface area contributed by atoms with E-state index in [2.05, 4.69) is 5.32 Å². The van der Waals surface area contributed by atoms with E-state index in [1.165, 1.54) is 12.1 Å². The van der Waals surface area contributed by atoms with Crippen molar-refractivity contribution in [1.82, 2.24) is 0 Å². The molecule has 1 aromatic rings. The van der Waals surface area contributed by atoms with Crippen molar-refractivity contribution in [3.8, 4) is 5.75 Å². The van der Waals surface area contributed by atoms with Gasteiger partial charge in [-0.2, -0.15) is 0 Å². The molecule has 0 heterocycles. The van der Waals surface area contributed by atoms with E-state index in [4.69, 9.17) is 15.2 Å². The number of hydrogen-bond donors (Lipinski definition) is 2. The van der Waals surface area contributed by atoms with E-state index in [-0.39, 0.29) is 17.9 Å². The van der Waals surface area contributed by atoms with Gasteiger partial charge in [0.25, 0.3) is 6.43 Å². The summed E-state index contributed by atoms with van der Waals surface area (Å²) in [5, 5.41) is 2.78. The molecule has 0 atom stereocenters. The lowest BCUT2D eigenvalue weighted by molar-refractivity contribution is 0.0508. The van der Waals surface area contributed by atoms with E-state index in [0.717, 1.165) is 0 Å². The van der Waals surface area contributed by atoms with Crippen LogP contribution in [0.3, 0.4) is 0 Å². The van der Waals surface area contributed by atoms with Gasteiger partial charge in [0.2, 0.25) is 0 Å². The van der Waals surface area contributed by atoms with Crippen LogP contribution in [-0.4, -0.2) is 32.7 Å². The molecule has 106 valence electrons. The zero-order chi connectivity index (χ0) is 14.4. The van der Waals surface area contributed by atoms with Crippen LogP contribution in [0.15, 0.2) is 12.1 Å². The highest BCUT2D eigenvalue weighted by atomic mass is 19.3. The van der Waals surface area contributed by atoms with Crippen molar-refractivity contribution >= 4 is 17.3 Å². The lowest BCUT2D eigenvalue weighted by Crippen LogP contribution is -2.13. The van der Waals surface area contributed by atoms with Gasteiger partial charge < -0.3 is 20.5 Å². The molecule has 0 amide bonds. The maximum absolute atomic E-state index is 12.2. The number of alkyl halides is 2. The topological polar surface area (TPSA) is 73.6 Å². The van der Waals surface area contributed by atoms with Gasteiger partial charge in [-0.25, -0.2) is 13.6 Å². The molecule has 5 nitrogen and oxygen atoms in total. The Bertz CT molecular complexity index is 453. The zero-order valence-corrected chi connectivity index (χ0v) is 10.7.